The lowest BCUT2D eigenvalue weighted by atomic mass is 10.2. The quantitative estimate of drug-likeness (QED) is 0.326. The number of nitrogens with one attached hydrogen (secondary N) is 1. The first-order valence-electron chi connectivity index (χ1n) is 8.04. The molecule has 0 saturated heterocycles. The van der Waals surface area contributed by atoms with Crippen molar-refractivity contribution < 1.29 is 9.53 Å². The number of nitrogens with zero attached hydrogens (tertiary/aromatic N) is 2. The van der Waals surface area contributed by atoms with Gasteiger partial charge in [0, 0.05) is 15.8 Å². The molecule has 0 radical (unpaired) electrons. The maximum absolute atomic E-state index is 12.3. The third kappa shape index (κ3) is 5.99. The van der Waals surface area contributed by atoms with Crippen LogP contribution in [0.3, 0.4) is 0 Å². The maximum Gasteiger partial charge on any atom is 0.266 e. The summed E-state index contributed by atoms with van der Waals surface area (Å²) in [4.78, 5) is 12.3. The second kappa shape index (κ2) is 9.80. The molecule has 3 rings (SSSR count). The minimum Gasteiger partial charge on any atom is -0.479 e. The highest BCUT2D eigenvalue weighted by atomic mass is 35.5. The number of halogens is 3. The minimum atomic E-state index is -0.771. The normalized spacial score (nSPS) is 11.9. The third-order valence-electron chi connectivity index (χ3n) is 3.48. The molecular weight excluding hydrogens is 461 g/mol. The molecule has 10 heteroatoms. The van der Waals surface area contributed by atoms with Gasteiger partial charge in [-0.15, -0.1) is 10.2 Å². The van der Waals surface area contributed by atoms with E-state index in [2.05, 4.69) is 15.5 Å². The van der Waals surface area contributed by atoms with Crippen molar-refractivity contribution in [3.05, 3.63) is 63.1 Å². The van der Waals surface area contributed by atoms with Crippen molar-refractivity contribution in [2.24, 2.45) is 0 Å². The van der Waals surface area contributed by atoms with Gasteiger partial charge in [0.25, 0.3) is 5.91 Å². The van der Waals surface area contributed by atoms with Gasteiger partial charge >= 0.3 is 0 Å². The van der Waals surface area contributed by atoms with Crippen molar-refractivity contribution in [1.29, 1.82) is 0 Å². The highest BCUT2D eigenvalue weighted by molar-refractivity contribution is 8.00. The van der Waals surface area contributed by atoms with Gasteiger partial charge < -0.3 is 4.74 Å². The Hall–Kier alpha value is -1.51. The number of thioether (sulfide) groups is 1. The first-order chi connectivity index (χ1) is 13.4. The van der Waals surface area contributed by atoms with Crippen LogP contribution in [0.5, 0.6) is 5.75 Å². The van der Waals surface area contributed by atoms with E-state index in [1.807, 2.05) is 24.3 Å². The van der Waals surface area contributed by atoms with Crippen LogP contribution in [0.25, 0.3) is 0 Å². The van der Waals surface area contributed by atoms with E-state index < -0.39 is 6.10 Å². The molecule has 2 aromatic carbocycles. The second-order valence-corrected chi connectivity index (χ2v) is 9.09. The average Bonchev–Trinajstić information content (AvgIpc) is 3.11. The molecule has 28 heavy (non-hydrogen) atoms. The van der Waals surface area contributed by atoms with Crippen LogP contribution in [0, 0.1) is 0 Å². The fourth-order valence-electron chi connectivity index (χ4n) is 2.07. The Kier molecular flexibility index (Phi) is 7.42. The molecule has 1 atom stereocenters. The van der Waals surface area contributed by atoms with E-state index in [0.29, 0.717) is 25.9 Å². The fourth-order valence-corrected chi connectivity index (χ4v) is 4.36. The standard InChI is InChI=1S/C18H14Cl3N3O2S2/c1-10(26-15-7-6-13(20)8-14(15)21)16(25)22-17-23-24-18(28-17)27-9-11-2-4-12(19)5-3-11/h2-8,10H,9H2,1H3,(H,22,23,25). The number of hydrogen-bond donors (Lipinski definition) is 1. The molecule has 5 nitrogen and oxygen atoms in total. The van der Waals surface area contributed by atoms with E-state index in [1.54, 1.807) is 25.1 Å². The number of anilines is 1. The van der Waals surface area contributed by atoms with Crippen molar-refractivity contribution in [3.63, 3.8) is 0 Å². The Morgan fingerprint density at radius 2 is 1.86 bits per heavy atom. The monoisotopic (exact) mass is 473 g/mol. The van der Waals surface area contributed by atoms with Crippen molar-refractivity contribution in [1.82, 2.24) is 10.2 Å². The molecular formula is C18H14Cl3N3O2S2. The molecule has 146 valence electrons. The van der Waals surface area contributed by atoms with Crippen LogP contribution >= 0.6 is 57.9 Å². The number of ether oxygens (including phenoxy) is 1. The number of aromatic nitrogens is 2. The Morgan fingerprint density at radius 1 is 1.14 bits per heavy atom. The molecule has 0 fully saturated rings. The highest BCUT2D eigenvalue weighted by Gasteiger charge is 2.18. The molecule has 1 aromatic heterocycles. The molecule has 0 spiro atoms. The van der Waals surface area contributed by atoms with Crippen LogP contribution in [0.1, 0.15) is 12.5 Å². The lowest BCUT2D eigenvalue weighted by molar-refractivity contribution is -0.122. The number of carbonyl (C=O) groups excluding carboxylic acids is 1. The SMILES string of the molecule is CC(Oc1ccc(Cl)cc1Cl)C(=O)Nc1nnc(SCc2ccc(Cl)cc2)s1. The summed E-state index contributed by atoms with van der Waals surface area (Å²) < 4.78 is 6.34. The van der Waals surface area contributed by atoms with Gasteiger partial charge in [0.05, 0.1) is 5.02 Å². The van der Waals surface area contributed by atoms with Crippen LogP contribution in [0.15, 0.2) is 46.8 Å². The summed E-state index contributed by atoms with van der Waals surface area (Å²) in [6.45, 7) is 1.62. The van der Waals surface area contributed by atoms with Gasteiger partial charge in [-0.1, -0.05) is 70.0 Å². The Morgan fingerprint density at radius 3 is 2.57 bits per heavy atom. The van der Waals surface area contributed by atoms with E-state index >= 15 is 0 Å². The van der Waals surface area contributed by atoms with Gasteiger partial charge in [-0.2, -0.15) is 0 Å². The van der Waals surface area contributed by atoms with Crippen LogP contribution in [-0.2, 0) is 10.5 Å². The highest BCUT2D eigenvalue weighted by Crippen LogP contribution is 2.30. The van der Waals surface area contributed by atoms with Crippen LogP contribution in [-0.4, -0.2) is 22.2 Å². The molecule has 0 aliphatic heterocycles. The van der Waals surface area contributed by atoms with Gasteiger partial charge in [0.2, 0.25) is 5.13 Å². The Bertz CT molecular complexity index is 967. The van der Waals surface area contributed by atoms with E-state index in [4.69, 9.17) is 39.5 Å². The molecule has 1 amide bonds. The molecule has 0 aliphatic carbocycles. The van der Waals surface area contributed by atoms with Crippen molar-refractivity contribution in [2.45, 2.75) is 23.1 Å². The summed E-state index contributed by atoms with van der Waals surface area (Å²) in [6.07, 6.45) is -0.771. The summed E-state index contributed by atoms with van der Waals surface area (Å²) in [5.74, 6) is 0.760. The third-order valence-corrected chi connectivity index (χ3v) is 6.30. The number of rotatable bonds is 7. The predicted octanol–water partition coefficient (Wildman–Crippen LogP) is 6.20. The van der Waals surface area contributed by atoms with E-state index in [-0.39, 0.29) is 5.91 Å². The zero-order valence-electron chi connectivity index (χ0n) is 14.5. The van der Waals surface area contributed by atoms with Gasteiger partial charge in [-0.05, 0) is 42.8 Å². The maximum atomic E-state index is 12.3. The Balaban J connectivity index is 1.53. The van der Waals surface area contributed by atoms with Crippen LogP contribution in [0.2, 0.25) is 15.1 Å². The van der Waals surface area contributed by atoms with Gasteiger partial charge in [0.1, 0.15) is 5.75 Å². The molecule has 3 aromatic rings. The minimum absolute atomic E-state index is 0.337. The fraction of sp³-hybridized carbons (Fsp3) is 0.167. The largest absolute Gasteiger partial charge is 0.479 e. The number of benzene rings is 2. The van der Waals surface area contributed by atoms with Gasteiger partial charge in [-0.3, -0.25) is 10.1 Å². The number of carbonyl (C=O) groups is 1. The summed E-state index contributed by atoms with van der Waals surface area (Å²) in [5.41, 5.74) is 1.12. The van der Waals surface area contributed by atoms with Crippen molar-refractivity contribution in [3.8, 4) is 5.75 Å². The van der Waals surface area contributed by atoms with E-state index in [9.17, 15) is 4.79 Å². The average molecular weight is 475 g/mol. The van der Waals surface area contributed by atoms with Crippen molar-refractivity contribution >= 4 is 68.9 Å². The number of hydrogen-bond acceptors (Lipinski definition) is 6. The van der Waals surface area contributed by atoms with E-state index in [1.165, 1.54) is 23.1 Å². The molecule has 1 unspecified atom stereocenters. The number of amides is 1. The molecule has 0 aliphatic rings. The van der Waals surface area contributed by atoms with Gasteiger partial charge in [0.15, 0.2) is 10.4 Å². The summed E-state index contributed by atoms with van der Waals surface area (Å²) in [5, 5.41) is 12.7. The molecule has 0 saturated carbocycles. The first-order valence-corrected chi connectivity index (χ1v) is 11.0. The van der Waals surface area contributed by atoms with Gasteiger partial charge in [-0.25, -0.2) is 0 Å². The molecule has 1 N–H and O–H groups in total. The second-order valence-electron chi connectivity index (χ2n) is 5.61. The summed E-state index contributed by atoms with van der Waals surface area (Å²) in [6, 6.07) is 12.4. The zero-order chi connectivity index (χ0) is 20.1. The van der Waals surface area contributed by atoms with Crippen molar-refractivity contribution in [2.75, 3.05) is 5.32 Å². The topological polar surface area (TPSA) is 64.1 Å². The van der Waals surface area contributed by atoms with E-state index in [0.717, 1.165) is 15.7 Å². The van der Waals surface area contributed by atoms with Crippen LogP contribution in [0.4, 0.5) is 5.13 Å². The molecule has 0 bridgehead atoms. The lowest BCUT2D eigenvalue weighted by Gasteiger charge is -2.14. The Labute approximate surface area is 185 Å². The first kappa shape index (κ1) is 21.2. The summed E-state index contributed by atoms with van der Waals surface area (Å²) >= 11 is 20.6. The van der Waals surface area contributed by atoms with Crippen LogP contribution < -0.4 is 10.1 Å². The smallest absolute Gasteiger partial charge is 0.266 e. The molecule has 1 heterocycles. The summed E-state index contributed by atoms with van der Waals surface area (Å²) in [7, 11) is 0. The zero-order valence-corrected chi connectivity index (χ0v) is 18.4. The predicted molar refractivity (Wildman–Crippen MR) is 116 cm³/mol. The lowest BCUT2D eigenvalue weighted by Crippen LogP contribution is -2.30.